The van der Waals surface area contributed by atoms with Gasteiger partial charge in [0.05, 0.1) is 0 Å². The number of carbonyl (C=O) groups is 3. The van der Waals surface area contributed by atoms with Gasteiger partial charge in [-0.2, -0.15) is 0 Å². The van der Waals surface area contributed by atoms with E-state index in [1.54, 1.807) is 24.0 Å². The number of urea groups is 1. The number of carbonyl (C=O) groups excluding carboxylic acids is 3. The van der Waals surface area contributed by atoms with Crippen molar-refractivity contribution in [2.75, 3.05) is 19.6 Å². The molecule has 3 rings (SSSR count). The van der Waals surface area contributed by atoms with Gasteiger partial charge in [0.25, 0.3) is 5.91 Å². The van der Waals surface area contributed by atoms with Crippen LogP contribution in [0.25, 0.3) is 0 Å². The molecular formula is C18H21Cl2N3O3. The van der Waals surface area contributed by atoms with Gasteiger partial charge in [0.1, 0.15) is 12.1 Å². The van der Waals surface area contributed by atoms with Crippen LogP contribution in [0.5, 0.6) is 0 Å². The Hall–Kier alpha value is -1.79. The zero-order chi connectivity index (χ0) is 19.1. The molecule has 2 aliphatic heterocycles. The van der Waals surface area contributed by atoms with E-state index in [0.29, 0.717) is 29.6 Å². The van der Waals surface area contributed by atoms with Crippen molar-refractivity contribution in [2.45, 2.75) is 32.2 Å². The van der Waals surface area contributed by atoms with Crippen LogP contribution in [0.1, 0.15) is 32.3 Å². The van der Waals surface area contributed by atoms with E-state index in [1.165, 1.54) is 6.07 Å². The minimum absolute atomic E-state index is 0.216. The molecule has 6 nitrogen and oxygen atoms in total. The van der Waals surface area contributed by atoms with E-state index in [2.05, 4.69) is 12.2 Å². The minimum atomic E-state index is -1.32. The third-order valence-corrected chi connectivity index (χ3v) is 5.72. The van der Waals surface area contributed by atoms with Crippen molar-refractivity contribution >= 4 is 41.0 Å². The van der Waals surface area contributed by atoms with Crippen LogP contribution in [-0.2, 0) is 15.1 Å². The summed E-state index contributed by atoms with van der Waals surface area (Å²) in [5.74, 6) is -0.122. The van der Waals surface area contributed by atoms with E-state index in [4.69, 9.17) is 23.2 Å². The van der Waals surface area contributed by atoms with Crippen LogP contribution in [0.2, 0.25) is 10.0 Å². The van der Waals surface area contributed by atoms with Gasteiger partial charge >= 0.3 is 6.03 Å². The molecule has 2 fully saturated rings. The lowest BCUT2D eigenvalue weighted by molar-refractivity contribution is -0.139. The molecule has 1 aromatic rings. The number of amides is 4. The number of nitrogens with zero attached hydrogens (tertiary/aromatic N) is 2. The number of benzene rings is 1. The molecule has 0 aromatic heterocycles. The summed E-state index contributed by atoms with van der Waals surface area (Å²) in [5.41, 5.74) is -0.876. The first-order chi connectivity index (χ1) is 12.2. The Morgan fingerprint density at radius 2 is 1.92 bits per heavy atom. The van der Waals surface area contributed by atoms with Crippen molar-refractivity contribution in [3.05, 3.63) is 33.8 Å². The van der Waals surface area contributed by atoms with E-state index >= 15 is 0 Å². The molecule has 2 saturated heterocycles. The third-order valence-electron chi connectivity index (χ3n) is 5.17. The predicted octanol–water partition coefficient (Wildman–Crippen LogP) is 3.02. The largest absolute Gasteiger partial charge is 0.341 e. The van der Waals surface area contributed by atoms with E-state index in [-0.39, 0.29) is 17.5 Å². The Kier molecular flexibility index (Phi) is 5.17. The fourth-order valence-electron chi connectivity index (χ4n) is 3.41. The Labute approximate surface area is 162 Å². The van der Waals surface area contributed by atoms with Gasteiger partial charge in [-0.3, -0.25) is 14.5 Å². The first kappa shape index (κ1) is 19.0. The molecule has 0 bridgehead atoms. The molecule has 8 heteroatoms. The molecule has 2 aliphatic rings. The van der Waals surface area contributed by atoms with Gasteiger partial charge in [-0.1, -0.05) is 36.2 Å². The van der Waals surface area contributed by atoms with Crippen LogP contribution >= 0.6 is 23.2 Å². The van der Waals surface area contributed by atoms with Crippen molar-refractivity contribution in [2.24, 2.45) is 5.92 Å². The summed E-state index contributed by atoms with van der Waals surface area (Å²) in [6, 6.07) is 4.14. The summed E-state index contributed by atoms with van der Waals surface area (Å²) in [4.78, 5) is 40.5. The smallest absolute Gasteiger partial charge is 0.325 e. The van der Waals surface area contributed by atoms with Crippen LogP contribution < -0.4 is 5.32 Å². The molecule has 0 unspecified atom stereocenters. The molecule has 1 atom stereocenters. The first-order valence-corrected chi connectivity index (χ1v) is 9.35. The molecular weight excluding hydrogens is 377 g/mol. The maximum absolute atomic E-state index is 12.9. The molecule has 0 spiro atoms. The van der Waals surface area contributed by atoms with Gasteiger partial charge in [-0.25, -0.2) is 4.79 Å². The summed E-state index contributed by atoms with van der Waals surface area (Å²) in [6.45, 7) is 4.78. The monoisotopic (exact) mass is 397 g/mol. The van der Waals surface area contributed by atoms with Crippen molar-refractivity contribution < 1.29 is 14.4 Å². The molecule has 2 heterocycles. The Morgan fingerprint density at radius 1 is 1.27 bits per heavy atom. The van der Waals surface area contributed by atoms with Crippen molar-refractivity contribution in [1.82, 2.24) is 15.1 Å². The lowest BCUT2D eigenvalue weighted by Crippen LogP contribution is -2.46. The molecule has 0 radical (unpaired) electrons. The zero-order valence-corrected chi connectivity index (χ0v) is 16.2. The second-order valence-corrected chi connectivity index (χ2v) is 7.98. The maximum atomic E-state index is 12.9. The van der Waals surface area contributed by atoms with Crippen LogP contribution in [0.4, 0.5) is 4.79 Å². The number of likely N-dealkylation sites (tertiary alicyclic amines) is 1. The molecule has 0 aliphatic carbocycles. The van der Waals surface area contributed by atoms with Crippen LogP contribution in [-0.4, -0.2) is 47.3 Å². The standard InChI is InChI=1S/C18H21Cl2N3O3/c1-11-5-7-22(8-6-11)15(24)10-23-16(25)18(2,21-17(23)26)13-4-3-12(19)9-14(13)20/h3-4,9,11H,5-8,10H2,1-2H3,(H,21,26)/t18-/m1/s1. The summed E-state index contributed by atoms with van der Waals surface area (Å²) in [6.07, 6.45) is 1.87. The van der Waals surface area contributed by atoms with Crippen LogP contribution in [0.15, 0.2) is 18.2 Å². The number of imide groups is 1. The number of nitrogens with one attached hydrogen (secondary N) is 1. The third kappa shape index (κ3) is 3.40. The highest BCUT2D eigenvalue weighted by molar-refractivity contribution is 6.35. The van der Waals surface area contributed by atoms with Crippen molar-refractivity contribution in [1.29, 1.82) is 0 Å². The molecule has 26 heavy (non-hydrogen) atoms. The molecule has 4 amide bonds. The second kappa shape index (κ2) is 7.08. The molecule has 0 saturated carbocycles. The SMILES string of the molecule is CC1CCN(C(=O)CN2C(=O)N[C@](C)(c3ccc(Cl)cc3Cl)C2=O)CC1. The van der Waals surface area contributed by atoms with E-state index in [1.807, 2.05) is 0 Å². The summed E-state index contributed by atoms with van der Waals surface area (Å²) < 4.78 is 0. The second-order valence-electron chi connectivity index (χ2n) is 7.13. The Morgan fingerprint density at radius 3 is 2.54 bits per heavy atom. The summed E-state index contributed by atoms with van der Waals surface area (Å²) in [7, 11) is 0. The average Bonchev–Trinajstić information content (AvgIpc) is 2.79. The van der Waals surface area contributed by atoms with E-state index in [0.717, 1.165) is 17.7 Å². The topological polar surface area (TPSA) is 69.7 Å². The maximum Gasteiger partial charge on any atom is 0.325 e. The summed E-state index contributed by atoms with van der Waals surface area (Å²) in [5, 5.41) is 3.38. The van der Waals surface area contributed by atoms with Gasteiger partial charge in [0.15, 0.2) is 0 Å². The van der Waals surface area contributed by atoms with Gasteiger partial charge in [-0.15, -0.1) is 0 Å². The lowest BCUT2D eigenvalue weighted by atomic mass is 9.92. The summed E-state index contributed by atoms with van der Waals surface area (Å²) >= 11 is 12.1. The van der Waals surface area contributed by atoms with Gasteiger partial charge in [0.2, 0.25) is 5.91 Å². The first-order valence-electron chi connectivity index (χ1n) is 8.60. The normalized spacial score (nSPS) is 24.2. The number of halogens is 2. The van der Waals surface area contributed by atoms with Gasteiger partial charge in [-0.05, 0) is 37.8 Å². The van der Waals surface area contributed by atoms with Gasteiger partial charge in [0, 0.05) is 28.7 Å². The van der Waals surface area contributed by atoms with Crippen molar-refractivity contribution in [3.63, 3.8) is 0 Å². The number of hydrogen-bond donors (Lipinski definition) is 1. The lowest BCUT2D eigenvalue weighted by Gasteiger charge is -2.31. The molecule has 1 aromatic carbocycles. The van der Waals surface area contributed by atoms with Crippen LogP contribution in [0, 0.1) is 5.92 Å². The highest BCUT2D eigenvalue weighted by atomic mass is 35.5. The van der Waals surface area contributed by atoms with E-state index < -0.39 is 17.5 Å². The molecule has 1 N–H and O–H groups in total. The number of hydrogen-bond acceptors (Lipinski definition) is 3. The Balaban J connectivity index is 1.77. The van der Waals surface area contributed by atoms with Crippen LogP contribution in [0.3, 0.4) is 0 Å². The fraction of sp³-hybridized carbons (Fsp3) is 0.500. The highest BCUT2D eigenvalue weighted by Gasteiger charge is 2.50. The van der Waals surface area contributed by atoms with E-state index in [9.17, 15) is 14.4 Å². The average molecular weight is 398 g/mol. The minimum Gasteiger partial charge on any atom is -0.341 e. The Bertz CT molecular complexity index is 762. The quantitative estimate of drug-likeness (QED) is 0.796. The van der Waals surface area contributed by atoms with Gasteiger partial charge < -0.3 is 10.2 Å². The fourth-order valence-corrected chi connectivity index (χ4v) is 4.01. The molecule has 140 valence electrons. The zero-order valence-electron chi connectivity index (χ0n) is 14.7. The highest BCUT2D eigenvalue weighted by Crippen LogP contribution is 2.35. The predicted molar refractivity (Wildman–Crippen MR) is 99.0 cm³/mol. The number of rotatable bonds is 3. The van der Waals surface area contributed by atoms with Crippen molar-refractivity contribution in [3.8, 4) is 0 Å². The number of piperidine rings is 1.